The number of benzene rings is 1. The zero-order chi connectivity index (χ0) is 18.1. The standard InChI is InChI=1S/C19H23NO3S2/c1-3-14-7-5-8-15(4-2)19(14)20-17(21)11-23-18(22)13-24-12-16-9-6-10-25-16/h5-10H,3-4,11-13H2,1-2H3,(H,20,21). The van der Waals surface area contributed by atoms with Crippen molar-refractivity contribution in [3.05, 3.63) is 51.7 Å². The van der Waals surface area contributed by atoms with Gasteiger partial charge in [-0.25, -0.2) is 0 Å². The van der Waals surface area contributed by atoms with Crippen molar-refractivity contribution in [1.82, 2.24) is 0 Å². The minimum absolute atomic E-state index is 0.247. The summed E-state index contributed by atoms with van der Waals surface area (Å²) in [5, 5.41) is 4.90. The molecule has 0 saturated carbocycles. The fourth-order valence-electron chi connectivity index (χ4n) is 2.40. The van der Waals surface area contributed by atoms with Crippen LogP contribution in [0.2, 0.25) is 0 Å². The first-order chi connectivity index (χ1) is 12.1. The van der Waals surface area contributed by atoms with Crippen LogP contribution in [-0.4, -0.2) is 24.2 Å². The van der Waals surface area contributed by atoms with Crippen molar-refractivity contribution in [3.63, 3.8) is 0 Å². The first kappa shape index (κ1) is 19.5. The summed E-state index contributed by atoms with van der Waals surface area (Å²) in [4.78, 5) is 25.1. The monoisotopic (exact) mass is 377 g/mol. The number of esters is 1. The molecule has 1 aromatic carbocycles. The van der Waals surface area contributed by atoms with Gasteiger partial charge in [0.1, 0.15) is 0 Å². The van der Waals surface area contributed by atoms with Gasteiger partial charge in [0, 0.05) is 16.3 Å². The molecule has 0 radical (unpaired) electrons. The number of thiophene rings is 1. The highest BCUT2D eigenvalue weighted by atomic mass is 32.2. The number of amides is 1. The molecule has 0 unspecified atom stereocenters. The van der Waals surface area contributed by atoms with Crippen LogP contribution >= 0.6 is 23.1 Å². The predicted molar refractivity (Wildman–Crippen MR) is 105 cm³/mol. The molecule has 1 N–H and O–H groups in total. The van der Waals surface area contributed by atoms with E-state index in [1.807, 2.05) is 35.7 Å². The zero-order valence-electron chi connectivity index (χ0n) is 14.5. The highest BCUT2D eigenvalue weighted by molar-refractivity contribution is 7.99. The summed E-state index contributed by atoms with van der Waals surface area (Å²) < 4.78 is 5.07. The zero-order valence-corrected chi connectivity index (χ0v) is 16.2. The van der Waals surface area contributed by atoms with Gasteiger partial charge in [0.25, 0.3) is 5.91 Å². The largest absolute Gasteiger partial charge is 0.455 e. The third-order valence-corrected chi connectivity index (χ3v) is 5.69. The first-order valence-electron chi connectivity index (χ1n) is 8.30. The van der Waals surface area contributed by atoms with Crippen molar-refractivity contribution in [3.8, 4) is 0 Å². The van der Waals surface area contributed by atoms with Gasteiger partial charge in [0.15, 0.2) is 6.61 Å². The van der Waals surface area contributed by atoms with Crippen LogP contribution in [0, 0.1) is 0 Å². The summed E-state index contributed by atoms with van der Waals surface area (Å²) >= 11 is 3.15. The van der Waals surface area contributed by atoms with Crippen LogP contribution in [0.15, 0.2) is 35.7 Å². The van der Waals surface area contributed by atoms with Crippen molar-refractivity contribution >= 4 is 40.7 Å². The summed E-state index contributed by atoms with van der Waals surface area (Å²) in [6, 6.07) is 10.0. The van der Waals surface area contributed by atoms with E-state index < -0.39 is 0 Å². The van der Waals surface area contributed by atoms with Gasteiger partial charge in [-0.15, -0.1) is 23.1 Å². The number of rotatable bonds is 9. The van der Waals surface area contributed by atoms with Crippen molar-refractivity contribution < 1.29 is 14.3 Å². The Morgan fingerprint density at radius 3 is 2.44 bits per heavy atom. The minimum Gasteiger partial charge on any atom is -0.455 e. The van der Waals surface area contributed by atoms with Gasteiger partial charge in [-0.3, -0.25) is 9.59 Å². The molecule has 0 spiro atoms. The average molecular weight is 378 g/mol. The van der Waals surface area contributed by atoms with Crippen LogP contribution in [0.1, 0.15) is 29.9 Å². The van der Waals surface area contributed by atoms with E-state index in [-0.39, 0.29) is 24.2 Å². The molecule has 0 bridgehead atoms. The van der Waals surface area contributed by atoms with Gasteiger partial charge in [-0.05, 0) is 35.4 Å². The van der Waals surface area contributed by atoms with E-state index in [4.69, 9.17) is 4.74 Å². The quantitative estimate of drug-likeness (QED) is 0.663. The first-order valence-corrected chi connectivity index (χ1v) is 10.3. The van der Waals surface area contributed by atoms with Crippen molar-refractivity contribution in [1.29, 1.82) is 0 Å². The Kier molecular flexibility index (Phi) is 8.01. The van der Waals surface area contributed by atoms with Crippen LogP contribution in [0.4, 0.5) is 5.69 Å². The lowest BCUT2D eigenvalue weighted by molar-refractivity contribution is -0.144. The van der Waals surface area contributed by atoms with Crippen LogP contribution in [0.3, 0.4) is 0 Å². The normalized spacial score (nSPS) is 10.5. The summed E-state index contributed by atoms with van der Waals surface area (Å²) in [5.41, 5.74) is 3.02. The van der Waals surface area contributed by atoms with E-state index in [2.05, 4.69) is 19.2 Å². The molecule has 134 valence electrons. The summed E-state index contributed by atoms with van der Waals surface area (Å²) in [6.45, 7) is 3.85. The molecule has 0 aliphatic rings. The molecule has 1 amide bonds. The Balaban J connectivity index is 1.77. The number of nitrogens with one attached hydrogen (secondary N) is 1. The second-order valence-electron chi connectivity index (χ2n) is 5.44. The number of carbonyl (C=O) groups excluding carboxylic acids is 2. The van der Waals surface area contributed by atoms with Gasteiger partial charge in [-0.2, -0.15) is 0 Å². The third-order valence-electron chi connectivity index (χ3n) is 3.67. The molecular formula is C19H23NO3S2. The summed E-state index contributed by atoms with van der Waals surface area (Å²) in [6.07, 6.45) is 1.67. The summed E-state index contributed by atoms with van der Waals surface area (Å²) in [7, 11) is 0. The molecule has 2 aromatic rings. The molecular weight excluding hydrogens is 354 g/mol. The maximum Gasteiger partial charge on any atom is 0.316 e. The van der Waals surface area contributed by atoms with E-state index in [0.717, 1.165) is 35.4 Å². The van der Waals surface area contributed by atoms with Crippen molar-refractivity contribution in [2.75, 3.05) is 17.7 Å². The lowest BCUT2D eigenvalue weighted by atomic mass is 10.0. The van der Waals surface area contributed by atoms with E-state index in [0.29, 0.717) is 0 Å². The number of thioether (sulfide) groups is 1. The molecule has 0 atom stereocenters. The van der Waals surface area contributed by atoms with Crippen molar-refractivity contribution in [2.45, 2.75) is 32.4 Å². The van der Waals surface area contributed by atoms with Crippen LogP contribution in [0.5, 0.6) is 0 Å². The van der Waals surface area contributed by atoms with Gasteiger partial charge in [0.05, 0.1) is 5.75 Å². The molecule has 0 aliphatic carbocycles. The maximum absolute atomic E-state index is 12.1. The number of para-hydroxylation sites is 1. The topological polar surface area (TPSA) is 55.4 Å². The van der Waals surface area contributed by atoms with E-state index in [1.54, 1.807) is 11.3 Å². The lowest BCUT2D eigenvalue weighted by Crippen LogP contribution is -2.23. The van der Waals surface area contributed by atoms with Gasteiger partial charge >= 0.3 is 5.97 Å². The Labute approximate surface area is 157 Å². The molecule has 4 nitrogen and oxygen atoms in total. The number of anilines is 1. The highest BCUT2D eigenvalue weighted by Gasteiger charge is 2.12. The van der Waals surface area contributed by atoms with Crippen LogP contribution in [0.25, 0.3) is 0 Å². The number of hydrogen-bond acceptors (Lipinski definition) is 5. The van der Waals surface area contributed by atoms with E-state index in [1.165, 1.54) is 16.6 Å². The maximum atomic E-state index is 12.1. The Morgan fingerprint density at radius 2 is 1.84 bits per heavy atom. The molecule has 6 heteroatoms. The number of hydrogen-bond donors (Lipinski definition) is 1. The molecule has 25 heavy (non-hydrogen) atoms. The van der Waals surface area contributed by atoms with Crippen LogP contribution < -0.4 is 5.32 Å². The number of ether oxygens (including phenoxy) is 1. The fourth-order valence-corrected chi connectivity index (χ4v) is 4.06. The molecule has 0 fully saturated rings. The van der Waals surface area contributed by atoms with Gasteiger partial charge < -0.3 is 10.1 Å². The molecule has 0 aliphatic heterocycles. The molecule has 1 aromatic heterocycles. The number of aryl methyl sites for hydroxylation is 2. The highest BCUT2D eigenvalue weighted by Crippen LogP contribution is 2.22. The second-order valence-corrected chi connectivity index (χ2v) is 7.46. The van der Waals surface area contributed by atoms with E-state index in [9.17, 15) is 9.59 Å². The second kappa shape index (κ2) is 10.3. The fraction of sp³-hybridized carbons (Fsp3) is 0.368. The SMILES string of the molecule is CCc1cccc(CC)c1NC(=O)COC(=O)CSCc1cccs1. The molecule has 0 saturated heterocycles. The van der Waals surface area contributed by atoms with Gasteiger partial charge in [0.2, 0.25) is 0 Å². The Hall–Kier alpha value is -1.79. The molecule has 2 rings (SSSR count). The van der Waals surface area contributed by atoms with E-state index >= 15 is 0 Å². The smallest absolute Gasteiger partial charge is 0.316 e. The van der Waals surface area contributed by atoms with Gasteiger partial charge in [-0.1, -0.05) is 38.1 Å². The average Bonchev–Trinajstić information content (AvgIpc) is 3.13. The molecule has 1 heterocycles. The summed E-state index contributed by atoms with van der Waals surface area (Å²) in [5.74, 6) is 0.364. The Bertz CT molecular complexity index is 676. The van der Waals surface area contributed by atoms with Crippen LogP contribution in [-0.2, 0) is 32.9 Å². The number of carbonyl (C=O) groups is 2. The lowest BCUT2D eigenvalue weighted by Gasteiger charge is -2.14. The third kappa shape index (κ3) is 6.21. The minimum atomic E-state index is -0.365. The van der Waals surface area contributed by atoms with Crippen molar-refractivity contribution in [2.24, 2.45) is 0 Å². The Morgan fingerprint density at radius 1 is 1.12 bits per heavy atom. The predicted octanol–water partition coefficient (Wildman–Crippen LogP) is 4.29.